The molecule has 0 radical (unpaired) electrons. The Balaban J connectivity index is 2.36. The van der Waals surface area contributed by atoms with Crippen molar-refractivity contribution in [2.45, 2.75) is 6.54 Å². The summed E-state index contributed by atoms with van der Waals surface area (Å²) in [4.78, 5) is 12.7. The van der Waals surface area contributed by atoms with E-state index in [1.165, 1.54) is 0 Å². The summed E-state index contributed by atoms with van der Waals surface area (Å²) in [5.74, 6) is 0. The van der Waals surface area contributed by atoms with Crippen molar-refractivity contribution >= 4 is 11.0 Å². The van der Waals surface area contributed by atoms with Gasteiger partial charge in [-0.3, -0.25) is 4.98 Å². The summed E-state index contributed by atoms with van der Waals surface area (Å²) in [6.45, 7) is 0.475. The second-order valence-corrected chi connectivity index (χ2v) is 4.13. The normalized spacial score (nSPS) is 11.0. The molecule has 0 saturated heterocycles. The predicted molar refractivity (Wildman–Crippen MR) is 69.6 cm³/mol. The van der Waals surface area contributed by atoms with E-state index < -0.39 is 0 Å². The molecule has 3 rings (SSSR count). The van der Waals surface area contributed by atoms with Crippen LogP contribution in [0, 0.1) is 0 Å². The number of hydrogen-bond donors (Lipinski definition) is 1. The van der Waals surface area contributed by atoms with Crippen molar-refractivity contribution in [3.05, 3.63) is 42.6 Å². The van der Waals surface area contributed by atoms with E-state index in [1.807, 2.05) is 29.9 Å². The van der Waals surface area contributed by atoms with Crippen LogP contribution in [-0.4, -0.2) is 19.5 Å². The highest BCUT2D eigenvalue weighted by atomic mass is 15.0. The average molecular weight is 239 g/mol. The topological polar surface area (TPSA) is 69.6 Å². The Hall–Kier alpha value is -2.27. The second kappa shape index (κ2) is 4.19. The lowest BCUT2D eigenvalue weighted by Gasteiger charge is -2.03. The molecule has 5 nitrogen and oxygen atoms in total. The molecule has 0 aliphatic heterocycles. The highest BCUT2D eigenvalue weighted by Crippen LogP contribution is 2.28. The fourth-order valence-electron chi connectivity index (χ4n) is 2.18. The smallest absolute Gasteiger partial charge is 0.144 e. The molecule has 3 aromatic heterocycles. The molecule has 0 aliphatic carbocycles. The number of nitrogens with zero attached hydrogens (tertiary/aromatic N) is 4. The first kappa shape index (κ1) is 10.9. The Labute approximate surface area is 104 Å². The van der Waals surface area contributed by atoms with Gasteiger partial charge in [-0.2, -0.15) is 0 Å². The zero-order chi connectivity index (χ0) is 12.5. The molecule has 0 unspecified atom stereocenters. The monoisotopic (exact) mass is 239 g/mol. The Morgan fingerprint density at radius 1 is 1.22 bits per heavy atom. The zero-order valence-electron chi connectivity index (χ0n) is 10.0. The van der Waals surface area contributed by atoms with Gasteiger partial charge in [-0.1, -0.05) is 0 Å². The van der Waals surface area contributed by atoms with E-state index >= 15 is 0 Å². The minimum absolute atomic E-state index is 0.475. The van der Waals surface area contributed by atoms with Crippen LogP contribution in [0.1, 0.15) is 5.56 Å². The van der Waals surface area contributed by atoms with Gasteiger partial charge < -0.3 is 10.3 Å². The van der Waals surface area contributed by atoms with E-state index in [4.69, 9.17) is 5.73 Å². The number of aromatic nitrogens is 4. The predicted octanol–water partition coefficient (Wildman–Crippen LogP) is 1.49. The molecule has 0 amide bonds. The lowest BCUT2D eigenvalue weighted by molar-refractivity contribution is 0.930. The van der Waals surface area contributed by atoms with E-state index in [-0.39, 0.29) is 0 Å². The lowest BCUT2D eigenvalue weighted by atomic mass is 10.1. The van der Waals surface area contributed by atoms with Crippen LogP contribution in [0.4, 0.5) is 0 Å². The molecule has 90 valence electrons. The first-order valence-electron chi connectivity index (χ1n) is 5.70. The third-order valence-electron chi connectivity index (χ3n) is 3.01. The molecule has 0 aromatic carbocycles. The minimum atomic E-state index is 0.475. The van der Waals surface area contributed by atoms with Gasteiger partial charge in [-0.25, -0.2) is 9.97 Å². The van der Waals surface area contributed by atoms with Crippen LogP contribution >= 0.6 is 0 Å². The van der Waals surface area contributed by atoms with Gasteiger partial charge >= 0.3 is 0 Å². The Kier molecular flexibility index (Phi) is 2.53. The van der Waals surface area contributed by atoms with E-state index in [2.05, 4.69) is 15.0 Å². The van der Waals surface area contributed by atoms with Crippen LogP contribution in [0.15, 0.2) is 37.1 Å². The van der Waals surface area contributed by atoms with Crippen molar-refractivity contribution in [1.82, 2.24) is 19.5 Å². The average Bonchev–Trinajstić information content (AvgIpc) is 2.77. The maximum atomic E-state index is 5.79. The van der Waals surface area contributed by atoms with Gasteiger partial charge in [0.1, 0.15) is 12.0 Å². The fourth-order valence-corrected chi connectivity index (χ4v) is 2.18. The Bertz CT molecular complexity index is 687. The molecule has 0 aliphatic rings. The van der Waals surface area contributed by atoms with Gasteiger partial charge in [0.25, 0.3) is 0 Å². The Morgan fingerprint density at radius 2 is 2.00 bits per heavy atom. The fraction of sp³-hybridized carbons (Fsp3) is 0.154. The number of nitrogens with two attached hydrogens (primary N) is 1. The largest absolute Gasteiger partial charge is 0.335 e. The highest BCUT2D eigenvalue weighted by Gasteiger charge is 2.13. The summed E-state index contributed by atoms with van der Waals surface area (Å²) in [6.07, 6.45) is 7.10. The number of fused-ring (bicyclic) bond motifs is 1. The minimum Gasteiger partial charge on any atom is -0.335 e. The maximum absolute atomic E-state index is 5.79. The molecule has 0 fully saturated rings. The summed E-state index contributed by atoms with van der Waals surface area (Å²) in [6, 6.07) is 3.88. The van der Waals surface area contributed by atoms with Gasteiger partial charge in [0.15, 0.2) is 0 Å². The van der Waals surface area contributed by atoms with Crippen LogP contribution in [0.25, 0.3) is 22.3 Å². The van der Waals surface area contributed by atoms with Gasteiger partial charge in [0.2, 0.25) is 0 Å². The van der Waals surface area contributed by atoms with Crippen molar-refractivity contribution in [3.63, 3.8) is 0 Å². The standard InChI is InChI=1S/C13H13N5/c1-18-7-10(6-14)11-12(16-8-17-13(11)18)9-2-4-15-5-3-9/h2-5,7-8H,6,14H2,1H3. The number of aryl methyl sites for hydroxylation is 1. The number of pyridine rings is 1. The first-order valence-corrected chi connectivity index (χ1v) is 5.70. The van der Waals surface area contributed by atoms with Crippen molar-refractivity contribution in [1.29, 1.82) is 0 Å². The van der Waals surface area contributed by atoms with Crippen molar-refractivity contribution < 1.29 is 0 Å². The molecule has 2 N–H and O–H groups in total. The van der Waals surface area contributed by atoms with Crippen molar-refractivity contribution in [2.24, 2.45) is 12.8 Å². The molecule has 3 aromatic rings. The second-order valence-electron chi connectivity index (χ2n) is 4.13. The molecule has 0 bridgehead atoms. The summed E-state index contributed by atoms with van der Waals surface area (Å²) in [7, 11) is 1.96. The summed E-state index contributed by atoms with van der Waals surface area (Å²) >= 11 is 0. The van der Waals surface area contributed by atoms with Crippen molar-refractivity contribution in [3.8, 4) is 11.3 Å². The molecule has 5 heteroatoms. The summed E-state index contributed by atoms with van der Waals surface area (Å²) in [5.41, 5.74) is 9.68. The summed E-state index contributed by atoms with van der Waals surface area (Å²) < 4.78 is 1.98. The van der Waals surface area contributed by atoms with Gasteiger partial charge in [0, 0.05) is 43.1 Å². The SMILES string of the molecule is Cn1cc(CN)c2c(-c3ccncc3)ncnc21. The molecule has 0 spiro atoms. The molecule has 0 atom stereocenters. The third kappa shape index (κ3) is 1.56. The van der Waals surface area contributed by atoms with E-state index in [0.29, 0.717) is 6.54 Å². The van der Waals surface area contributed by atoms with E-state index in [9.17, 15) is 0 Å². The first-order chi connectivity index (χ1) is 8.81. The molecule has 3 heterocycles. The molecular weight excluding hydrogens is 226 g/mol. The molecular formula is C13H13N5. The zero-order valence-corrected chi connectivity index (χ0v) is 10.0. The van der Waals surface area contributed by atoms with E-state index in [1.54, 1.807) is 18.7 Å². The van der Waals surface area contributed by atoms with Crippen molar-refractivity contribution in [2.75, 3.05) is 0 Å². The van der Waals surface area contributed by atoms with Crippen LogP contribution in [0.3, 0.4) is 0 Å². The van der Waals surface area contributed by atoms with Gasteiger partial charge in [-0.15, -0.1) is 0 Å². The van der Waals surface area contributed by atoms with Crippen LogP contribution < -0.4 is 5.73 Å². The number of hydrogen-bond acceptors (Lipinski definition) is 4. The Morgan fingerprint density at radius 3 is 2.72 bits per heavy atom. The highest BCUT2D eigenvalue weighted by molar-refractivity contribution is 5.93. The van der Waals surface area contributed by atoms with Crippen LogP contribution in [0.2, 0.25) is 0 Å². The summed E-state index contributed by atoms with van der Waals surface area (Å²) in [5, 5.41) is 1.02. The third-order valence-corrected chi connectivity index (χ3v) is 3.01. The van der Waals surface area contributed by atoms with Gasteiger partial charge in [-0.05, 0) is 17.7 Å². The maximum Gasteiger partial charge on any atom is 0.144 e. The van der Waals surface area contributed by atoms with Gasteiger partial charge in [0.05, 0.1) is 5.69 Å². The lowest BCUT2D eigenvalue weighted by Crippen LogP contribution is -1.96. The van der Waals surface area contributed by atoms with E-state index in [0.717, 1.165) is 27.9 Å². The number of rotatable bonds is 2. The quantitative estimate of drug-likeness (QED) is 0.735. The van der Waals surface area contributed by atoms with Crippen LogP contribution in [-0.2, 0) is 13.6 Å². The molecule has 0 saturated carbocycles. The molecule has 18 heavy (non-hydrogen) atoms. The van der Waals surface area contributed by atoms with Crippen LogP contribution in [0.5, 0.6) is 0 Å².